The van der Waals surface area contributed by atoms with E-state index in [-0.39, 0.29) is 0 Å². The van der Waals surface area contributed by atoms with E-state index in [2.05, 4.69) is 11.8 Å². The van der Waals surface area contributed by atoms with Crippen molar-refractivity contribution in [2.24, 2.45) is 5.73 Å². The van der Waals surface area contributed by atoms with Gasteiger partial charge in [-0.1, -0.05) is 18.2 Å². The average molecular weight is 234 g/mol. The van der Waals surface area contributed by atoms with Gasteiger partial charge in [-0.2, -0.15) is 0 Å². The van der Waals surface area contributed by atoms with Gasteiger partial charge >= 0.3 is 0 Å². The van der Waals surface area contributed by atoms with Crippen LogP contribution < -0.4 is 10.5 Å². The molecule has 0 aliphatic carbocycles. The normalized spacial score (nSPS) is 25.8. The third-order valence-corrected chi connectivity index (χ3v) is 3.44. The molecule has 3 heteroatoms. The molecule has 0 radical (unpaired) electrons. The molecule has 17 heavy (non-hydrogen) atoms. The molecule has 0 aromatic heterocycles. The predicted molar refractivity (Wildman–Crippen MR) is 70.2 cm³/mol. The number of piperidine rings is 1. The molecule has 2 rings (SSSR count). The highest BCUT2D eigenvalue weighted by molar-refractivity contribution is 5.20. The Kier molecular flexibility index (Phi) is 4.40. The second-order valence-corrected chi connectivity index (χ2v) is 4.83. The third-order valence-electron chi connectivity index (χ3n) is 3.44. The quantitative estimate of drug-likeness (QED) is 0.864. The second kappa shape index (κ2) is 6.03. The summed E-state index contributed by atoms with van der Waals surface area (Å²) >= 11 is 0. The molecule has 1 aromatic carbocycles. The van der Waals surface area contributed by atoms with E-state index < -0.39 is 0 Å². The number of benzene rings is 1. The van der Waals surface area contributed by atoms with E-state index in [0.717, 1.165) is 38.3 Å². The van der Waals surface area contributed by atoms with Crippen molar-refractivity contribution in [3.8, 4) is 5.75 Å². The molecule has 1 aliphatic rings. The molecule has 1 aliphatic heterocycles. The minimum Gasteiger partial charge on any atom is -0.492 e. The fraction of sp³-hybridized carbons (Fsp3) is 0.571. The van der Waals surface area contributed by atoms with Crippen molar-refractivity contribution in [2.45, 2.75) is 31.8 Å². The van der Waals surface area contributed by atoms with Crippen LogP contribution in [0.1, 0.15) is 19.8 Å². The van der Waals surface area contributed by atoms with Gasteiger partial charge in [0, 0.05) is 25.2 Å². The lowest BCUT2D eigenvalue weighted by Gasteiger charge is -2.36. The zero-order chi connectivity index (χ0) is 12.1. The van der Waals surface area contributed by atoms with Gasteiger partial charge in [-0.15, -0.1) is 0 Å². The molecule has 0 amide bonds. The van der Waals surface area contributed by atoms with E-state index >= 15 is 0 Å². The van der Waals surface area contributed by atoms with Crippen LogP contribution >= 0.6 is 0 Å². The van der Waals surface area contributed by atoms with Crippen molar-refractivity contribution in [1.29, 1.82) is 0 Å². The summed E-state index contributed by atoms with van der Waals surface area (Å²) in [6.07, 6.45) is 2.21. The summed E-state index contributed by atoms with van der Waals surface area (Å²) in [6, 6.07) is 11.0. The van der Waals surface area contributed by atoms with Gasteiger partial charge in [0.05, 0.1) is 0 Å². The van der Waals surface area contributed by atoms with Crippen LogP contribution in [-0.2, 0) is 0 Å². The number of likely N-dealkylation sites (tertiary alicyclic amines) is 1. The Labute approximate surface area is 104 Å². The van der Waals surface area contributed by atoms with E-state index in [1.807, 2.05) is 30.3 Å². The standard InChI is InChI=1S/C14H22N2O/c1-12-11-13(15)7-8-16(12)9-10-17-14-5-3-2-4-6-14/h2-6,12-13H,7-11,15H2,1H3. The van der Waals surface area contributed by atoms with E-state index in [1.165, 1.54) is 0 Å². The summed E-state index contributed by atoms with van der Waals surface area (Å²) in [5.74, 6) is 0.953. The highest BCUT2D eigenvalue weighted by Gasteiger charge is 2.22. The van der Waals surface area contributed by atoms with Crippen molar-refractivity contribution < 1.29 is 4.74 Å². The number of hydrogen-bond donors (Lipinski definition) is 1. The minimum atomic E-state index is 0.385. The van der Waals surface area contributed by atoms with Crippen LogP contribution in [0.3, 0.4) is 0 Å². The van der Waals surface area contributed by atoms with Crippen molar-refractivity contribution in [2.75, 3.05) is 19.7 Å². The highest BCUT2D eigenvalue weighted by Crippen LogP contribution is 2.15. The van der Waals surface area contributed by atoms with Crippen LogP contribution in [0.5, 0.6) is 5.75 Å². The van der Waals surface area contributed by atoms with E-state index in [1.54, 1.807) is 0 Å². The van der Waals surface area contributed by atoms with Crippen LogP contribution in [0.25, 0.3) is 0 Å². The number of nitrogens with zero attached hydrogens (tertiary/aromatic N) is 1. The van der Waals surface area contributed by atoms with Gasteiger partial charge in [0.25, 0.3) is 0 Å². The molecule has 2 N–H and O–H groups in total. The largest absolute Gasteiger partial charge is 0.492 e. The monoisotopic (exact) mass is 234 g/mol. The van der Waals surface area contributed by atoms with Gasteiger partial charge in [-0.25, -0.2) is 0 Å². The summed E-state index contributed by atoms with van der Waals surface area (Å²) in [6.45, 7) is 5.09. The topological polar surface area (TPSA) is 38.5 Å². The number of rotatable bonds is 4. The molecule has 1 saturated heterocycles. The zero-order valence-electron chi connectivity index (χ0n) is 10.5. The van der Waals surface area contributed by atoms with E-state index in [9.17, 15) is 0 Å². The Morgan fingerprint density at radius 3 is 2.82 bits per heavy atom. The minimum absolute atomic E-state index is 0.385. The Morgan fingerprint density at radius 2 is 2.12 bits per heavy atom. The zero-order valence-corrected chi connectivity index (χ0v) is 10.5. The molecule has 1 aromatic rings. The van der Waals surface area contributed by atoms with Gasteiger partial charge in [0.15, 0.2) is 0 Å². The molecule has 0 saturated carbocycles. The first kappa shape index (κ1) is 12.4. The number of hydrogen-bond acceptors (Lipinski definition) is 3. The SMILES string of the molecule is CC1CC(N)CCN1CCOc1ccccc1. The van der Waals surface area contributed by atoms with Crippen LogP contribution in [0.15, 0.2) is 30.3 Å². The molecule has 0 spiro atoms. The van der Waals surface area contributed by atoms with Crippen LogP contribution in [0.2, 0.25) is 0 Å². The van der Waals surface area contributed by atoms with Crippen molar-refractivity contribution in [1.82, 2.24) is 4.90 Å². The third kappa shape index (κ3) is 3.72. The summed E-state index contributed by atoms with van der Waals surface area (Å²) in [5.41, 5.74) is 5.95. The molecule has 0 bridgehead atoms. The molecule has 2 unspecified atom stereocenters. The van der Waals surface area contributed by atoms with Crippen LogP contribution in [0.4, 0.5) is 0 Å². The van der Waals surface area contributed by atoms with Crippen molar-refractivity contribution in [3.05, 3.63) is 30.3 Å². The molecule has 1 fully saturated rings. The lowest BCUT2D eigenvalue weighted by atomic mass is 9.99. The lowest BCUT2D eigenvalue weighted by molar-refractivity contribution is 0.123. The molecule has 2 atom stereocenters. The number of para-hydroxylation sites is 1. The molecular weight excluding hydrogens is 212 g/mol. The Morgan fingerprint density at radius 1 is 1.35 bits per heavy atom. The Bertz CT molecular complexity index is 328. The lowest BCUT2D eigenvalue weighted by Crippen LogP contribution is -2.46. The number of ether oxygens (including phenoxy) is 1. The summed E-state index contributed by atoms with van der Waals surface area (Å²) in [5, 5.41) is 0. The Balaban J connectivity index is 1.72. The highest BCUT2D eigenvalue weighted by atomic mass is 16.5. The van der Waals surface area contributed by atoms with E-state index in [0.29, 0.717) is 12.1 Å². The van der Waals surface area contributed by atoms with Gasteiger partial charge < -0.3 is 10.5 Å². The molecule has 1 heterocycles. The fourth-order valence-electron chi connectivity index (χ4n) is 2.39. The predicted octanol–water partition coefficient (Wildman–Crippen LogP) is 1.88. The number of nitrogens with two attached hydrogens (primary N) is 1. The van der Waals surface area contributed by atoms with Gasteiger partial charge in [0.2, 0.25) is 0 Å². The average Bonchev–Trinajstić information content (AvgIpc) is 2.33. The summed E-state index contributed by atoms with van der Waals surface area (Å²) < 4.78 is 5.71. The maximum atomic E-state index is 5.95. The molecule has 3 nitrogen and oxygen atoms in total. The van der Waals surface area contributed by atoms with Crippen molar-refractivity contribution >= 4 is 0 Å². The van der Waals surface area contributed by atoms with Gasteiger partial charge in [-0.05, 0) is 31.9 Å². The first-order valence-electron chi connectivity index (χ1n) is 6.43. The smallest absolute Gasteiger partial charge is 0.119 e. The maximum Gasteiger partial charge on any atom is 0.119 e. The first-order chi connectivity index (χ1) is 8.25. The van der Waals surface area contributed by atoms with Gasteiger partial charge in [-0.3, -0.25) is 4.90 Å². The van der Waals surface area contributed by atoms with E-state index in [4.69, 9.17) is 10.5 Å². The Hall–Kier alpha value is -1.06. The van der Waals surface area contributed by atoms with Crippen molar-refractivity contribution in [3.63, 3.8) is 0 Å². The van der Waals surface area contributed by atoms with Crippen LogP contribution in [-0.4, -0.2) is 36.7 Å². The summed E-state index contributed by atoms with van der Waals surface area (Å²) in [7, 11) is 0. The fourth-order valence-corrected chi connectivity index (χ4v) is 2.39. The second-order valence-electron chi connectivity index (χ2n) is 4.83. The van der Waals surface area contributed by atoms with Crippen LogP contribution in [0, 0.1) is 0 Å². The first-order valence-corrected chi connectivity index (χ1v) is 6.43. The molecular formula is C14H22N2O. The molecule has 94 valence electrons. The summed E-state index contributed by atoms with van der Waals surface area (Å²) in [4.78, 5) is 2.46. The van der Waals surface area contributed by atoms with Gasteiger partial charge in [0.1, 0.15) is 12.4 Å². The maximum absolute atomic E-state index is 5.95.